The quantitative estimate of drug-likeness (QED) is 0.146. The van der Waals surface area contributed by atoms with Gasteiger partial charge < -0.3 is 24.8 Å². The van der Waals surface area contributed by atoms with E-state index < -0.39 is 0 Å². The third kappa shape index (κ3) is 11.1. The van der Waals surface area contributed by atoms with Gasteiger partial charge in [-0.2, -0.15) is 18.2 Å². The summed E-state index contributed by atoms with van der Waals surface area (Å²) in [6.45, 7) is 23.3. The van der Waals surface area contributed by atoms with Gasteiger partial charge in [-0.1, -0.05) is 131 Å². The van der Waals surface area contributed by atoms with Crippen molar-refractivity contribution in [2.24, 2.45) is 0 Å². The third-order valence-corrected chi connectivity index (χ3v) is 14.7. The average molecular weight is 907 g/mol. The maximum Gasteiger partial charge on any atom is -0.172 e. The molecule has 8 rings (SSSR count). The molecule has 308 valence electrons. The van der Waals surface area contributed by atoms with Crippen molar-refractivity contribution in [1.82, 2.24) is 0 Å². The molecule has 0 heterocycles. The normalized spacial score (nSPS) is 11.9. The van der Waals surface area contributed by atoms with Crippen LogP contribution in [0.1, 0.15) is 103 Å². The van der Waals surface area contributed by atoms with E-state index >= 15 is 0 Å². The minimum atomic E-state index is 0. The van der Waals surface area contributed by atoms with Gasteiger partial charge in [0.05, 0.1) is 0 Å². The Balaban J connectivity index is 0.000000250. The summed E-state index contributed by atoms with van der Waals surface area (Å²) in [7, 11) is 0. The summed E-state index contributed by atoms with van der Waals surface area (Å²) >= 11 is 1.51. The van der Waals surface area contributed by atoms with Crippen LogP contribution in [0.25, 0.3) is 33.4 Å². The summed E-state index contributed by atoms with van der Waals surface area (Å²) in [5.41, 5.74) is 16.5. The van der Waals surface area contributed by atoms with Crippen molar-refractivity contribution in [1.29, 1.82) is 0 Å². The smallest absolute Gasteiger partial charge is 0.172 e. The molecule has 0 atom stereocenters. The van der Waals surface area contributed by atoms with Crippen LogP contribution in [0.4, 0.5) is 0 Å². The van der Waals surface area contributed by atoms with Crippen molar-refractivity contribution in [2.45, 2.75) is 97.3 Å². The van der Waals surface area contributed by atoms with Crippen LogP contribution < -0.4 is 24.8 Å². The molecule has 0 radical (unpaired) electrons. The molecule has 0 spiro atoms. The van der Waals surface area contributed by atoms with E-state index in [0.717, 1.165) is 6.42 Å². The van der Waals surface area contributed by atoms with Crippen molar-refractivity contribution < 1.29 is 49.0 Å². The van der Waals surface area contributed by atoms with Crippen molar-refractivity contribution in [3.8, 4) is 33.4 Å². The molecular weight excluding hydrogens is 847 g/mol. The van der Waals surface area contributed by atoms with Gasteiger partial charge in [0.15, 0.2) is 0 Å². The number of rotatable bonds is 6. The summed E-state index contributed by atoms with van der Waals surface area (Å²) in [6, 6.07) is 64.5. The zero-order chi connectivity index (χ0) is 41.7. The van der Waals surface area contributed by atoms with E-state index in [-0.39, 0.29) is 46.5 Å². The van der Waals surface area contributed by atoms with Crippen LogP contribution in [0, 0.1) is 6.07 Å². The Bertz CT molecular complexity index is 2240. The monoisotopic (exact) mass is 904 g/mol. The minimum absolute atomic E-state index is 0. The SMILES string of the molecule is CC(C)(C)c1cc2c([c-]c1-c1ccccc1)Cc1cc(-c3ccccc3)c(C(C)(C)C)cc1-2.CC(C)([C](=[Zr+2])C(C)(C)c1ccccc1)c1ccccc1.[Cl-].[Cl-].c1cc[cH-]c1. The Hall–Kier alpha value is -4.00. The van der Waals surface area contributed by atoms with Gasteiger partial charge in [-0.3, -0.25) is 0 Å². The van der Waals surface area contributed by atoms with Gasteiger partial charge in [-0.15, -0.1) is 28.8 Å². The molecule has 0 bridgehead atoms. The second kappa shape index (κ2) is 20.2. The van der Waals surface area contributed by atoms with Crippen LogP contribution in [-0.2, 0) is 52.3 Å². The fourth-order valence-electron chi connectivity index (χ4n) is 8.20. The largest absolute Gasteiger partial charge is 1.00 e. The summed E-state index contributed by atoms with van der Waals surface area (Å²) in [4.78, 5) is 0. The van der Waals surface area contributed by atoms with E-state index in [4.69, 9.17) is 0 Å². The van der Waals surface area contributed by atoms with E-state index in [1.54, 1.807) is 3.21 Å². The number of benzene rings is 6. The van der Waals surface area contributed by atoms with E-state index in [1.807, 2.05) is 30.3 Å². The van der Waals surface area contributed by atoms with Crippen molar-refractivity contribution in [2.75, 3.05) is 0 Å². The number of halogens is 2. The Morgan fingerprint density at radius 3 is 1.32 bits per heavy atom. The molecular formula is C57H60Cl2Zr-2. The summed E-state index contributed by atoms with van der Waals surface area (Å²) in [5.74, 6) is 0. The summed E-state index contributed by atoms with van der Waals surface area (Å²) in [5, 5.41) is 0. The first-order chi connectivity index (χ1) is 27.5. The van der Waals surface area contributed by atoms with Gasteiger partial charge in [0.1, 0.15) is 0 Å². The van der Waals surface area contributed by atoms with Gasteiger partial charge >= 0.3 is 138 Å². The Morgan fingerprint density at radius 1 is 0.483 bits per heavy atom. The molecule has 7 aromatic carbocycles. The van der Waals surface area contributed by atoms with Gasteiger partial charge in [-0.05, 0) is 39.5 Å². The van der Waals surface area contributed by atoms with Gasteiger partial charge in [0, 0.05) is 0 Å². The van der Waals surface area contributed by atoms with E-state index in [0.29, 0.717) is 0 Å². The zero-order valence-corrected chi connectivity index (χ0v) is 41.1. The third-order valence-electron chi connectivity index (χ3n) is 11.6. The van der Waals surface area contributed by atoms with Gasteiger partial charge in [0.25, 0.3) is 0 Å². The fourth-order valence-corrected chi connectivity index (χ4v) is 8.91. The van der Waals surface area contributed by atoms with Crippen LogP contribution in [0.3, 0.4) is 0 Å². The second-order valence-corrected chi connectivity index (χ2v) is 20.0. The van der Waals surface area contributed by atoms with Gasteiger partial charge in [-0.25, -0.2) is 12.1 Å². The molecule has 1 aliphatic carbocycles. The fraction of sp³-hybridized carbons (Fsp3) is 0.263. The standard InChI is InChI=1S/C33H33.C19H22.C5H5.2ClH.Zr/c1-32(2,3)30-20-26-24(18-28(30)22-13-9-7-10-14-22)17-25-19-29(23-15-11-8-12-16-23)31(21-27(25)26)33(4,5)6;1-18(2,16-11-7-5-8-12-16)15-19(3,4)17-13-9-6-10-14-17;1-2-4-5-3-1;;;/h7-16,18,20-21H,17H2,1-6H3;5-14H,1-4H3;1-5H;2*1H;/q-1;;-1;;;+2/p-2. The predicted octanol–water partition coefficient (Wildman–Crippen LogP) is 9.06. The molecule has 7 aromatic rings. The Kier molecular flexibility index (Phi) is 16.4. The molecule has 0 N–H and O–H groups in total. The van der Waals surface area contributed by atoms with E-state index in [1.165, 1.54) is 91.0 Å². The number of hydrogen-bond donors (Lipinski definition) is 0. The predicted molar refractivity (Wildman–Crippen MR) is 248 cm³/mol. The van der Waals surface area contributed by atoms with Crippen LogP contribution >= 0.6 is 0 Å². The first-order valence-electron chi connectivity index (χ1n) is 20.7. The van der Waals surface area contributed by atoms with E-state index in [2.05, 4.69) is 215 Å². The van der Waals surface area contributed by atoms with E-state index in [9.17, 15) is 0 Å². The molecule has 0 fully saturated rings. The molecule has 0 saturated heterocycles. The van der Waals surface area contributed by atoms with Crippen LogP contribution in [0.2, 0.25) is 0 Å². The molecule has 60 heavy (non-hydrogen) atoms. The molecule has 3 heteroatoms. The molecule has 0 nitrogen and oxygen atoms in total. The molecule has 0 aromatic heterocycles. The number of hydrogen-bond acceptors (Lipinski definition) is 0. The molecule has 0 saturated carbocycles. The average Bonchev–Trinajstić information content (AvgIpc) is 3.93. The van der Waals surface area contributed by atoms with Crippen LogP contribution in [0.5, 0.6) is 0 Å². The molecule has 0 unspecified atom stereocenters. The first kappa shape index (κ1) is 48.7. The minimum Gasteiger partial charge on any atom is -1.00 e. The zero-order valence-electron chi connectivity index (χ0n) is 37.1. The molecule has 0 aliphatic heterocycles. The maximum atomic E-state index is 3.88. The summed E-state index contributed by atoms with van der Waals surface area (Å²) in [6.07, 6.45) is 0.944. The topological polar surface area (TPSA) is 0 Å². The Labute approximate surface area is 389 Å². The molecule has 1 aliphatic rings. The first-order valence-corrected chi connectivity index (χ1v) is 22.0. The summed E-state index contributed by atoms with van der Waals surface area (Å²) < 4.78 is 1.58. The van der Waals surface area contributed by atoms with Gasteiger partial charge in [0.2, 0.25) is 0 Å². The van der Waals surface area contributed by atoms with Crippen LogP contribution in [-0.4, -0.2) is 3.21 Å². The van der Waals surface area contributed by atoms with Crippen molar-refractivity contribution in [3.05, 3.63) is 209 Å². The Morgan fingerprint density at radius 2 is 0.900 bits per heavy atom. The van der Waals surface area contributed by atoms with Crippen LogP contribution in [0.15, 0.2) is 170 Å². The molecule has 0 amide bonds. The van der Waals surface area contributed by atoms with Crippen molar-refractivity contribution >= 4 is 3.21 Å². The van der Waals surface area contributed by atoms with Crippen molar-refractivity contribution in [3.63, 3.8) is 0 Å². The number of fused-ring (bicyclic) bond motifs is 3. The second-order valence-electron chi connectivity index (χ2n) is 18.7. The maximum absolute atomic E-state index is 3.88.